The fourth-order valence-corrected chi connectivity index (χ4v) is 1.69. The Hall–Kier alpha value is -2.60. The van der Waals surface area contributed by atoms with Crippen molar-refractivity contribution in [2.45, 2.75) is 0 Å². The highest BCUT2D eigenvalue weighted by atomic mass is 16.1. The molecule has 0 aliphatic rings. The minimum absolute atomic E-state index is 0.426. The standard InChI is InChI=1S/C14H10N2O/c15-9-10-6-7-12(14(16)17)13(8-10)11-4-2-1-3-5-11/h1-8H,(H2,16,17). The number of nitrogens with zero attached hydrogens (tertiary/aromatic N) is 1. The van der Waals surface area contributed by atoms with Crippen LogP contribution in [0.5, 0.6) is 0 Å². The highest BCUT2D eigenvalue weighted by Crippen LogP contribution is 2.24. The third-order valence-corrected chi connectivity index (χ3v) is 2.50. The molecule has 0 atom stereocenters. The van der Waals surface area contributed by atoms with Gasteiger partial charge in [-0.05, 0) is 29.3 Å². The van der Waals surface area contributed by atoms with Gasteiger partial charge in [-0.25, -0.2) is 0 Å². The largest absolute Gasteiger partial charge is 0.366 e. The summed E-state index contributed by atoms with van der Waals surface area (Å²) in [6.45, 7) is 0. The smallest absolute Gasteiger partial charge is 0.249 e. The number of amides is 1. The zero-order valence-electron chi connectivity index (χ0n) is 9.05. The zero-order valence-corrected chi connectivity index (χ0v) is 9.05. The van der Waals surface area contributed by atoms with Crippen molar-refractivity contribution in [2.24, 2.45) is 5.73 Å². The fraction of sp³-hybridized carbons (Fsp3) is 0. The summed E-state index contributed by atoms with van der Waals surface area (Å²) in [7, 11) is 0. The van der Waals surface area contributed by atoms with Crippen molar-refractivity contribution in [3.8, 4) is 17.2 Å². The molecule has 0 heterocycles. The van der Waals surface area contributed by atoms with E-state index in [-0.39, 0.29) is 0 Å². The van der Waals surface area contributed by atoms with E-state index < -0.39 is 5.91 Å². The van der Waals surface area contributed by atoms with E-state index in [1.165, 1.54) is 0 Å². The summed E-state index contributed by atoms with van der Waals surface area (Å²) >= 11 is 0. The van der Waals surface area contributed by atoms with Crippen molar-refractivity contribution in [3.63, 3.8) is 0 Å². The second-order valence-electron chi connectivity index (χ2n) is 3.60. The lowest BCUT2D eigenvalue weighted by Gasteiger charge is -2.07. The Bertz CT molecular complexity index is 597. The predicted octanol–water partition coefficient (Wildman–Crippen LogP) is 2.32. The topological polar surface area (TPSA) is 66.9 Å². The van der Waals surface area contributed by atoms with Crippen LogP contribution in [0, 0.1) is 11.3 Å². The van der Waals surface area contributed by atoms with Gasteiger partial charge in [-0.3, -0.25) is 4.79 Å². The average Bonchev–Trinajstić information content (AvgIpc) is 2.39. The number of carbonyl (C=O) groups excluding carboxylic acids is 1. The summed E-state index contributed by atoms with van der Waals surface area (Å²) < 4.78 is 0. The van der Waals surface area contributed by atoms with Crippen LogP contribution in [0.1, 0.15) is 15.9 Å². The number of nitriles is 1. The summed E-state index contributed by atoms with van der Waals surface area (Å²) in [5.41, 5.74) is 7.82. The minimum atomic E-state index is -0.492. The van der Waals surface area contributed by atoms with Gasteiger partial charge in [-0.1, -0.05) is 30.3 Å². The van der Waals surface area contributed by atoms with Crippen LogP contribution >= 0.6 is 0 Å². The molecule has 0 aliphatic carbocycles. The Morgan fingerprint density at radius 1 is 1.12 bits per heavy atom. The zero-order chi connectivity index (χ0) is 12.3. The Morgan fingerprint density at radius 3 is 2.41 bits per heavy atom. The van der Waals surface area contributed by atoms with Gasteiger partial charge in [0.2, 0.25) is 5.91 Å². The third-order valence-electron chi connectivity index (χ3n) is 2.50. The van der Waals surface area contributed by atoms with E-state index in [4.69, 9.17) is 11.0 Å². The molecule has 2 aromatic rings. The molecule has 0 spiro atoms. The van der Waals surface area contributed by atoms with Crippen LogP contribution in [0.15, 0.2) is 48.5 Å². The van der Waals surface area contributed by atoms with Crippen molar-refractivity contribution in [1.82, 2.24) is 0 Å². The number of rotatable bonds is 2. The summed E-state index contributed by atoms with van der Waals surface area (Å²) in [5.74, 6) is -0.492. The lowest BCUT2D eigenvalue weighted by atomic mass is 9.97. The SMILES string of the molecule is N#Cc1ccc(C(N)=O)c(-c2ccccc2)c1. The van der Waals surface area contributed by atoms with Crippen LogP contribution in [-0.4, -0.2) is 5.91 Å². The highest BCUT2D eigenvalue weighted by Gasteiger charge is 2.10. The molecule has 2 aromatic carbocycles. The molecule has 0 unspecified atom stereocenters. The van der Waals surface area contributed by atoms with Crippen molar-refractivity contribution >= 4 is 5.91 Å². The van der Waals surface area contributed by atoms with E-state index in [2.05, 4.69) is 6.07 Å². The van der Waals surface area contributed by atoms with Crippen molar-refractivity contribution < 1.29 is 4.79 Å². The van der Waals surface area contributed by atoms with Gasteiger partial charge in [-0.15, -0.1) is 0 Å². The molecule has 0 saturated heterocycles. The van der Waals surface area contributed by atoms with E-state index in [1.807, 2.05) is 30.3 Å². The normalized spacial score (nSPS) is 9.59. The maximum atomic E-state index is 11.3. The van der Waals surface area contributed by atoms with Crippen LogP contribution in [0.4, 0.5) is 0 Å². The molecule has 2 rings (SSSR count). The maximum absolute atomic E-state index is 11.3. The van der Waals surface area contributed by atoms with Crippen LogP contribution in [0.3, 0.4) is 0 Å². The van der Waals surface area contributed by atoms with E-state index in [1.54, 1.807) is 18.2 Å². The second-order valence-corrected chi connectivity index (χ2v) is 3.60. The number of hydrogen-bond acceptors (Lipinski definition) is 2. The Balaban J connectivity index is 2.66. The first-order valence-electron chi connectivity index (χ1n) is 5.12. The molecule has 3 nitrogen and oxygen atoms in total. The van der Waals surface area contributed by atoms with Crippen molar-refractivity contribution in [3.05, 3.63) is 59.7 Å². The summed E-state index contributed by atoms with van der Waals surface area (Å²) in [4.78, 5) is 11.3. The second kappa shape index (κ2) is 4.50. The molecule has 2 N–H and O–H groups in total. The first kappa shape index (κ1) is 10.9. The molecule has 0 bridgehead atoms. The van der Waals surface area contributed by atoms with E-state index in [0.29, 0.717) is 16.7 Å². The summed E-state index contributed by atoms with van der Waals surface area (Å²) in [5, 5.41) is 8.87. The monoisotopic (exact) mass is 222 g/mol. The van der Waals surface area contributed by atoms with E-state index in [9.17, 15) is 4.79 Å². The van der Waals surface area contributed by atoms with Gasteiger partial charge in [0.25, 0.3) is 0 Å². The molecule has 0 saturated carbocycles. The van der Waals surface area contributed by atoms with Crippen LogP contribution in [0.25, 0.3) is 11.1 Å². The molecule has 17 heavy (non-hydrogen) atoms. The van der Waals surface area contributed by atoms with Gasteiger partial charge in [0.15, 0.2) is 0 Å². The Kier molecular flexibility index (Phi) is 2.89. The minimum Gasteiger partial charge on any atom is -0.366 e. The Labute approximate surface area is 99.1 Å². The first-order valence-corrected chi connectivity index (χ1v) is 5.12. The first-order chi connectivity index (χ1) is 8.22. The van der Waals surface area contributed by atoms with Gasteiger partial charge >= 0.3 is 0 Å². The third kappa shape index (κ3) is 2.16. The van der Waals surface area contributed by atoms with Gasteiger partial charge in [0.1, 0.15) is 0 Å². The van der Waals surface area contributed by atoms with Gasteiger partial charge in [0, 0.05) is 5.56 Å². The average molecular weight is 222 g/mol. The predicted molar refractivity (Wildman–Crippen MR) is 65.1 cm³/mol. The number of primary amides is 1. The molecule has 0 aromatic heterocycles. The molecule has 0 radical (unpaired) electrons. The fourth-order valence-electron chi connectivity index (χ4n) is 1.69. The molecule has 0 fully saturated rings. The summed E-state index contributed by atoms with van der Waals surface area (Å²) in [6, 6.07) is 16.3. The quantitative estimate of drug-likeness (QED) is 0.847. The highest BCUT2D eigenvalue weighted by molar-refractivity contribution is 6.00. The molecule has 0 aliphatic heterocycles. The van der Waals surface area contributed by atoms with Gasteiger partial charge in [0.05, 0.1) is 11.6 Å². The van der Waals surface area contributed by atoms with E-state index in [0.717, 1.165) is 5.56 Å². The van der Waals surface area contributed by atoms with Crippen LogP contribution < -0.4 is 5.73 Å². The molecular formula is C14H10N2O. The lowest BCUT2D eigenvalue weighted by Crippen LogP contribution is -2.12. The molecule has 1 amide bonds. The molecule has 3 heteroatoms. The number of hydrogen-bond donors (Lipinski definition) is 1. The van der Waals surface area contributed by atoms with Crippen molar-refractivity contribution in [1.29, 1.82) is 5.26 Å². The summed E-state index contributed by atoms with van der Waals surface area (Å²) in [6.07, 6.45) is 0. The maximum Gasteiger partial charge on any atom is 0.249 e. The molecular weight excluding hydrogens is 212 g/mol. The van der Waals surface area contributed by atoms with E-state index >= 15 is 0 Å². The molecule has 82 valence electrons. The van der Waals surface area contributed by atoms with Crippen LogP contribution in [0.2, 0.25) is 0 Å². The number of nitrogens with two attached hydrogens (primary N) is 1. The van der Waals surface area contributed by atoms with Crippen molar-refractivity contribution in [2.75, 3.05) is 0 Å². The lowest BCUT2D eigenvalue weighted by molar-refractivity contribution is 0.100. The van der Waals surface area contributed by atoms with Gasteiger partial charge < -0.3 is 5.73 Å². The van der Waals surface area contributed by atoms with Gasteiger partial charge in [-0.2, -0.15) is 5.26 Å². The Morgan fingerprint density at radius 2 is 1.82 bits per heavy atom. The number of benzene rings is 2. The van der Waals surface area contributed by atoms with Crippen LogP contribution in [-0.2, 0) is 0 Å². The number of carbonyl (C=O) groups is 1.